The second-order valence-electron chi connectivity index (χ2n) is 7.38. The molecule has 132 valence electrons. The predicted octanol–water partition coefficient (Wildman–Crippen LogP) is 4.93. The molecule has 0 N–H and O–H groups in total. The number of nitrogens with zero attached hydrogens (tertiary/aromatic N) is 2. The zero-order valence-corrected chi connectivity index (χ0v) is 14.9. The van der Waals surface area contributed by atoms with E-state index in [9.17, 15) is 4.39 Å². The Morgan fingerprint density at radius 2 is 1.92 bits per heavy atom. The van der Waals surface area contributed by atoms with Gasteiger partial charge in [0, 0.05) is 18.0 Å². The third-order valence-electron chi connectivity index (χ3n) is 4.62. The maximum Gasteiger partial charge on any atom is 0.218 e. The lowest BCUT2D eigenvalue weighted by Gasteiger charge is -2.34. The van der Waals surface area contributed by atoms with E-state index >= 15 is 0 Å². The number of aliphatic imine (C=N–C) groups is 1. The molecule has 1 aliphatic rings. The van der Waals surface area contributed by atoms with Crippen molar-refractivity contribution in [2.24, 2.45) is 4.99 Å². The molecule has 4 heteroatoms. The fourth-order valence-electron chi connectivity index (χ4n) is 3.49. The number of benzene rings is 2. The Morgan fingerprint density at radius 3 is 2.73 bits per heavy atom. The molecule has 0 unspecified atom stereocenters. The van der Waals surface area contributed by atoms with Crippen LogP contribution in [0.25, 0.3) is 10.9 Å². The molecule has 2 aromatic carbocycles. The van der Waals surface area contributed by atoms with Crippen molar-refractivity contribution in [3.05, 3.63) is 77.7 Å². The van der Waals surface area contributed by atoms with Crippen LogP contribution in [0.3, 0.4) is 0 Å². The number of hydrogen-bond donors (Lipinski definition) is 0. The van der Waals surface area contributed by atoms with Gasteiger partial charge in [-0.3, -0.25) is 4.98 Å². The molecule has 1 aliphatic heterocycles. The first-order chi connectivity index (χ1) is 12.5. The van der Waals surface area contributed by atoms with Crippen molar-refractivity contribution in [1.29, 1.82) is 0 Å². The average molecular weight is 348 g/mol. The van der Waals surface area contributed by atoms with E-state index in [1.54, 1.807) is 12.3 Å². The minimum absolute atomic E-state index is 0.138. The van der Waals surface area contributed by atoms with Crippen LogP contribution in [-0.2, 0) is 11.2 Å². The molecule has 1 aromatic heterocycles. The largest absolute Gasteiger partial charge is 0.471 e. The molecule has 0 bridgehead atoms. The van der Waals surface area contributed by atoms with Crippen molar-refractivity contribution >= 4 is 16.8 Å². The van der Waals surface area contributed by atoms with E-state index in [1.807, 2.05) is 30.3 Å². The van der Waals surface area contributed by atoms with E-state index < -0.39 is 0 Å². The minimum atomic E-state index is -0.317. The van der Waals surface area contributed by atoms with Crippen molar-refractivity contribution in [2.75, 3.05) is 0 Å². The SMILES string of the molecule is CC1(C)C[C@@H](Cc2ccccc2)N=C(c2cnc3c(F)cccc3c2)O1. The third-order valence-corrected chi connectivity index (χ3v) is 4.62. The molecule has 0 radical (unpaired) electrons. The second-order valence-corrected chi connectivity index (χ2v) is 7.38. The van der Waals surface area contributed by atoms with Crippen LogP contribution in [0.2, 0.25) is 0 Å². The number of halogens is 1. The number of hydrogen-bond acceptors (Lipinski definition) is 3. The van der Waals surface area contributed by atoms with Crippen LogP contribution in [0.15, 0.2) is 65.8 Å². The molecule has 3 aromatic rings. The molecule has 26 heavy (non-hydrogen) atoms. The Hall–Kier alpha value is -2.75. The van der Waals surface area contributed by atoms with E-state index in [0.717, 1.165) is 23.8 Å². The van der Waals surface area contributed by atoms with Crippen molar-refractivity contribution < 1.29 is 9.13 Å². The molecule has 0 fully saturated rings. The Labute approximate surface area is 152 Å². The molecule has 1 atom stereocenters. The van der Waals surface area contributed by atoms with Crippen molar-refractivity contribution in [1.82, 2.24) is 4.98 Å². The van der Waals surface area contributed by atoms with Gasteiger partial charge in [0.25, 0.3) is 0 Å². The first-order valence-electron chi connectivity index (χ1n) is 8.86. The van der Waals surface area contributed by atoms with Gasteiger partial charge in [-0.05, 0) is 38.0 Å². The molecule has 0 amide bonds. The Bertz CT molecular complexity index is 966. The molecule has 2 heterocycles. The van der Waals surface area contributed by atoms with Gasteiger partial charge in [-0.15, -0.1) is 0 Å². The normalized spacial score (nSPS) is 19.0. The maximum atomic E-state index is 13.9. The van der Waals surface area contributed by atoms with Crippen LogP contribution in [0.1, 0.15) is 31.4 Å². The van der Waals surface area contributed by atoms with Gasteiger partial charge in [-0.2, -0.15) is 0 Å². The van der Waals surface area contributed by atoms with Crippen LogP contribution in [0.4, 0.5) is 4.39 Å². The van der Waals surface area contributed by atoms with Crippen molar-refractivity contribution in [3.8, 4) is 0 Å². The molecule has 4 rings (SSSR count). The van der Waals surface area contributed by atoms with Gasteiger partial charge in [0.1, 0.15) is 16.9 Å². The molecule has 0 aliphatic carbocycles. The summed E-state index contributed by atoms with van der Waals surface area (Å²) in [7, 11) is 0. The number of ether oxygens (including phenoxy) is 1. The molecule has 3 nitrogen and oxygen atoms in total. The van der Waals surface area contributed by atoms with Gasteiger partial charge in [-0.1, -0.05) is 42.5 Å². The molecule has 0 saturated carbocycles. The summed E-state index contributed by atoms with van der Waals surface area (Å²) in [5.74, 6) is 0.267. The van der Waals surface area contributed by atoms with E-state index in [4.69, 9.17) is 9.73 Å². The second kappa shape index (κ2) is 6.52. The first-order valence-corrected chi connectivity index (χ1v) is 8.86. The summed E-state index contributed by atoms with van der Waals surface area (Å²) in [5, 5.41) is 0.747. The number of pyridine rings is 1. The maximum absolute atomic E-state index is 13.9. The number of fused-ring (bicyclic) bond motifs is 1. The monoisotopic (exact) mass is 348 g/mol. The Kier molecular flexibility index (Phi) is 4.19. The van der Waals surface area contributed by atoms with Crippen LogP contribution >= 0.6 is 0 Å². The predicted molar refractivity (Wildman–Crippen MR) is 102 cm³/mol. The highest BCUT2D eigenvalue weighted by molar-refractivity contribution is 5.97. The smallest absolute Gasteiger partial charge is 0.218 e. The van der Waals surface area contributed by atoms with E-state index in [1.165, 1.54) is 11.6 Å². The van der Waals surface area contributed by atoms with Crippen molar-refractivity contribution in [2.45, 2.75) is 38.3 Å². The lowest BCUT2D eigenvalue weighted by atomic mass is 9.93. The van der Waals surface area contributed by atoms with Gasteiger partial charge in [-0.25, -0.2) is 9.38 Å². The van der Waals surface area contributed by atoms with Gasteiger partial charge in [0.15, 0.2) is 0 Å². The molecular weight excluding hydrogens is 327 g/mol. The summed E-state index contributed by atoms with van der Waals surface area (Å²) in [6, 6.07) is 17.4. The van der Waals surface area contributed by atoms with Gasteiger partial charge in [0.2, 0.25) is 5.90 Å². The van der Waals surface area contributed by atoms with Gasteiger partial charge in [0.05, 0.1) is 11.6 Å². The summed E-state index contributed by atoms with van der Waals surface area (Å²) in [4.78, 5) is 9.11. The Balaban J connectivity index is 1.69. The summed E-state index contributed by atoms with van der Waals surface area (Å²) in [6.45, 7) is 4.15. The fourth-order valence-corrected chi connectivity index (χ4v) is 3.49. The number of para-hydroxylation sites is 1. The van der Waals surface area contributed by atoms with Crippen LogP contribution in [0.5, 0.6) is 0 Å². The summed E-state index contributed by atoms with van der Waals surface area (Å²) < 4.78 is 20.0. The third kappa shape index (κ3) is 3.45. The quantitative estimate of drug-likeness (QED) is 0.672. The highest BCUT2D eigenvalue weighted by Crippen LogP contribution is 2.29. The summed E-state index contributed by atoms with van der Waals surface area (Å²) >= 11 is 0. The van der Waals surface area contributed by atoms with E-state index in [-0.39, 0.29) is 17.5 Å². The van der Waals surface area contributed by atoms with Gasteiger partial charge < -0.3 is 4.74 Å². The van der Waals surface area contributed by atoms with Crippen molar-refractivity contribution in [3.63, 3.8) is 0 Å². The zero-order valence-electron chi connectivity index (χ0n) is 14.9. The first kappa shape index (κ1) is 16.7. The summed E-state index contributed by atoms with van der Waals surface area (Å²) in [6.07, 6.45) is 3.36. The Morgan fingerprint density at radius 1 is 1.12 bits per heavy atom. The lowest BCUT2D eigenvalue weighted by Crippen LogP contribution is -2.38. The average Bonchev–Trinajstić information content (AvgIpc) is 2.61. The van der Waals surface area contributed by atoms with Gasteiger partial charge >= 0.3 is 0 Å². The van der Waals surface area contributed by atoms with Crippen LogP contribution in [-0.4, -0.2) is 22.5 Å². The minimum Gasteiger partial charge on any atom is -0.471 e. The van der Waals surface area contributed by atoms with Crippen LogP contribution < -0.4 is 0 Å². The lowest BCUT2D eigenvalue weighted by molar-refractivity contribution is 0.0634. The molecular formula is C22H21FN2O. The fraction of sp³-hybridized carbons (Fsp3) is 0.273. The number of rotatable bonds is 3. The van der Waals surface area contributed by atoms with E-state index in [0.29, 0.717) is 11.4 Å². The highest BCUT2D eigenvalue weighted by atomic mass is 19.1. The topological polar surface area (TPSA) is 34.5 Å². The summed E-state index contributed by atoms with van der Waals surface area (Å²) in [5.41, 5.74) is 2.10. The zero-order chi connectivity index (χ0) is 18.1. The number of aromatic nitrogens is 1. The molecule has 0 spiro atoms. The molecule has 0 saturated heterocycles. The highest BCUT2D eigenvalue weighted by Gasteiger charge is 2.32. The van der Waals surface area contributed by atoms with Crippen LogP contribution in [0, 0.1) is 5.82 Å². The van der Waals surface area contributed by atoms with E-state index in [2.05, 4.69) is 31.0 Å². The standard InChI is InChI=1S/C22H21FN2O/c1-22(2)13-18(11-15-7-4-3-5-8-15)25-21(26-22)17-12-16-9-6-10-19(23)20(16)24-14-17/h3-10,12,14,18H,11,13H2,1-2H3/t18-/m1/s1.